The summed E-state index contributed by atoms with van der Waals surface area (Å²) in [6.45, 7) is 0.366. The number of aliphatic hydroxyl groups is 2. The number of alkyl halides is 1. The van der Waals surface area contributed by atoms with E-state index in [1.54, 1.807) is 4.90 Å². The summed E-state index contributed by atoms with van der Waals surface area (Å²) in [7, 11) is 0. The third-order valence-corrected chi connectivity index (χ3v) is 4.78. The number of hydrogen-bond donors (Lipinski definition) is 6. The van der Waals surface area contributed by atoms with Gasteiger partial charge in [-0.25, -0.2) is 4.90 Å². The SMILES string of the molecule is NC1NC(=O)C2NCN([C@@H]3O[C@H](CI)[C@@H](O)[C@H]3O)C2N1. The minimum Gasteiger partial charge on any atom is -0.388 e. The molecule has 0 aliphatic carbocycles. The molecule has 3 aliphatic rings. The first-order valence-electron chi connectivity index (χ1n) is 6.41. The van der Waals surface area contributed by atoms with E-state index >= 15 is 0 Å². The second kappa shape index (κ2) is 5.61. The Balaban J connectivity index is 1.76. The van der Waals surface area contributed by atoms with Crippen LogP contribution in [0.3, 0.4) is 0 Å². The molecule has 0 radical (unpaired) electrons. The van der Waals surface area contributed by atoms with Crippen LogP contribution in [0.4, 0.5) is 0 Å². The predicted octanol–water partition coefficient (Wildman–Crippen LogP) is -3.61. The fourth-order valence-electron chi connectivity index (χ4n) is 2.88. The Kier molecular flexibility index (Phi) is 4.16. The van der Waals surface area contributed by atoms with E-state index in [0.717, 1.165) is 0 Å². The molecule has 0 bridgehead atoms. The standard InChI is InChI=1S/C10H18IN5O4/c11-1-3-5(17)6(18)9(20-3)16-2-13-4-7(16)14-10(12)15-8(4)19/h3-7,9-10,13-14,17-18H,1-2,12H2,(H,15,19)/t3-,4?,5-,6-,7?,9-,10?/m1/s1. The fourth-order valence-corrected chi connectivity index (χ4v) is 3.61. The van der Waals surface area contributed by atoms with Gasteiger partial charge in [-0.05, 0) is 0 Å². The molecule has 114 valence electrons. The Hall–Kier alpha value is -0.0800. The highest BCUT2D eigenvalue weighted by molar-refractivity contribution is 14.1. The Morgan fingerprint density at radius 1 is 1.45 bits per heavy atom. The van der Waals surface area contributed by atoms with Gasteiger partial charge in [0.25, 0.3) is 0 Å². The van der Waals surface area contributed by atoms with Crippen molar-refractivity contribution in [2.45, 2.75) is 43.0 Å². The van der Waals surface area contributed by atoms with Crippen LogP contribution < -0.4 is 21.7 Å². The molecule has 1 amide bonds. The van der Waals surface area contributed by atoms with E-state index in [1.807, 2.05) is 0 Å². The molecule has 0 aromatic rings. The van der Waals surface area contributed by atoms with Crippen molar-refractivity contribution in [1.82, 2.24) is 20.9 Å². The number of rotatable bonds is 2. The average Bonchev–Trinajstić information content (AvgIpc) is 2.93. The van der Waals surface area contributed by atoms with Gasteiger partial charge in [-0.15, -0.1) is 0 Å². The largest absolute Gasteiger partial charge is 0.388 e. The highest BCUT2D eigenvalue weighted by Gasteiger charge is 2.52. The van der Waals surface area contributed by atoms with Crippen molar-refractivity contribution in [3.63, 3.8) is 0 Å². The van der Waals surface area contributed by atoms with Crippen molar-refractivity contribution in [3.05, 3.63) is 0 Å². The number of nitrogens with one attached hydrogen (secondary N) is 3. The van der Waals surface area contributed by atoms with Gasteiger partial charge in [0.2, 0.25) is 5.91 Å². The Bertz CT molecular complexity index is 402. The fraction of sp³-hybridized carbons (Fsp3) is 0.900. The third-order valence-electron chi connectivity index (χ3n) is 3.91. The summed E-state index contributed by atoms with van der Waals surface area (Å²) in [4.78, 5) is 13.6. The second-order valence-electron chi connectivity index (χ2n) is 5.15. The van der Waals surface area contributed by atoms with Crippen LogP contribution in [-0.2, 0) is 9.53 Å². The zero-order chi connectivity index (χ0) is 14.4. The van der Waals surface area contributed by atoms with Crippen LogP contribution in [0.15, 0.2) is 0 Å². The Morgan fingerprint density at radius 3 is 2.85 bits per heavy atom. The smallest absolute Gasteiger partial charge is 0.242 e. The molecule has 0 saturated carbocycles. The Morgan fingerprint density at radius 2 is 2.20 bits per heavy atom. The molecule has 0 aromatic carbocycles. The molecular weight excluding hydrogens is 381 g/mol. The maximum Gasteiger partial charge on any atom is 0.242 e. The van der Waals surface area contributed by atoms with E-state index in [0.29, 0.717) is 11.1 Å². The molecule has 3 unspecified atom stereocenters. The molecule has 7 atom stereocenters. The van der Waals surface area contributed by atoms with Crippen molar-refractivity contribution in [1.29, 1.82) is 0 Å². The molecule has 7 N–H and O–H groups in total. The molecule has 20 heavy (non-hydrogen) atoms. The van der Waals surface area contributed by atoms with Gasteiger partial charge in [-0.3, -0.25) is 21.2 Å². The van der Waals surface area contributed by atoms with Gasteiger partial charge in [0, 0.05) is 4.43 Å². The van der Waals surface area contributed by atoms with Crippen molar-refractivity contribution in [2.75, 3.05) is 11.1 Å². The number of fused-ring (bicyclic) bond motifs is 1. The number of carbonyl (C=O) groups is 1. The topological polar surface area (TPSA) is 132 Å². The molecule has 3 heterocycles. The minimum absolute atomic E-state index is 0.192. The summed E-state index contributed by atoms with van der Waals surface area (Å²) in [6.07, 6.45) is -4.05. The van der Waals surface area contributed by atoms with Crippen LogP contribution in [0.2, 0.25) is 0 Å². The normalized spacial score (nSPS) is 49.2. The lowest BCUT2D eigenvalue weighted by Crippen LogP contribution is -2.71. The highest BCUT2D eigenvalue weighted by atomic mass is 127. The molecule has 3 rings (SSSR count). The first kappa shape index (κ1) is 14.8. The summed E-state index contributed by atoms with van der Waals surface area (Å²) in [5.74, 6) is -0.192. The molecule has 0 aromatic heterocycles. The lowest BCUT2D eigenvalue weighted by Gasteiger charge is -2.37. The molecule has 3 saturated heterocycles. The number of carbonyl (C=O) groups excluding carboxylic acids is 1. The summed E-state index contributed by atoms with van der Waals surface area (Å²) in [5, 5.41) is 28.7. The molecule has 3 fully saturated rings. The third kappa shape index (κ3) is 2.33. The number of ether oxygens (including phenoxy) is 1. The monoisotopic (exact) mass is 399 g/mol. The average molecular weight is 399 g/mol. The van der Waals surface area contributed by atoms with Crippen LogP contribution in [0.1, 0.15) is 0 Å². The lowest BCUT2D eigenvalue weighted by atomic mass is 10.1. The minimum atomic E-state index is -1.02. The van der Waals surface area contributed by atoms with E-state index in [1.165, 1.54) is 0 Å². The summed E-state index contributed by atoms with van der Waals surface area (Å²) in [6, 6.07) is -0.457. The van der Waals surface area contributed by atoms with Crippen LogP contribution in [0.25, 0.3) is 0 Å². The molecule has 3 aliphatic heterocycles. The van der Waals surface area contributed by atoms with Gasteiger partial charge in [0.05, 0.1) is 18.9 Å². The number of nitrogens with two attached hydrogens (primary N) is 1. The van der Waals surface area contributed by atoms with Crippen molar-refractivity contribution in [2.24, 2.45) is 5.73 Å². The molecule has 0 spiro atoms. The predicted molar refractivity (Wildman–Crippen MR) is 76.2 cm³/mol. The number of amides is 1. The van der Waals surface area contributed by atoms with Crippen LogP contribution >= 0.6 is 22.6 Å². The molecule has 9 nitrogen and oxygen atoms in total. The number of nitrogens with zero attached hydrogens (tertiary/aromatic N) is 1. The van der Waals surface area contributed by atoms with Crippen molar-refractivity contribution < 1.29 is 19.7 Å². The summed E-state index contributed by atoms with van der Waals surface area (Å²) < 4.78 is 6.28. The first-order chi connectivity index (χ1) is 9.52. The van der Waals surface area contributed by atoms with E-state index in [2.05, 4.69) is 38.5 Å². The maximum atomic E-state index is 11.8. The quantitative estimate of drug-likeness (QED) is 0.207. The molecule has 10 heteroatoms. The van der Waals surface area contributed by atoms with Crippen LogP contribution in [0, 0.1) is 0 Å². The van der Waals surface area contributed by atoms with E-state index in [-0.39, 0.29) is 12.1 Å². The lowest BCUT2D eigenvalue weighted by molar-refractivity contribution is -0.131. The number of halogens is 1. The van der Waals surface area contributed by atoms with Gasteiger partial charge < -0.3 is 20.3 Å². The van der Waals surface area contributed by atoms with Crippen molar-refractivity contribution >= 4 is 28.5 Å². The second-order valence-corrected chi connectivity index (χ2v) is 6.03. The van der Waals surface area contributed by atoms with Crippen LogP contribution in [0.5, 0.6) is 0 Å². The number of hydrogen-bond acceptors (Lipinski definition) is 8. The number of aliphatic hydroxyl groups excluding tert-OH is 2. The van der Waals surface area contributed by atoms with Gasteiger partial charge in [-0.2, -0.15) is 0 Å². The van der Waals surface area contributed by atoms with E-state index in [9.17, 15) is 15.0 Å². The summed E-state index contributed by atoms with van der Waals surface area (Å²) >= 11 is 2.10. The van der Waals surface area contributed by atoms with Crippen molar-refractivity contribution in [3.8, 4) is 0 Å². The molecular formula is C10H18IN5O4. The van der Waals surface area contributed by atoms with Gasteiger partial charge in [0.15, 0.2) is 0 Å². The van der Waals surface area contributed by atoms with E-state index in [4.69, 9.17) is 10.5 Å². The summed E-state index contributed by atoms with van der Waals surface area (Å²) in [5.41, 5.74) is 5.71. The van der Waals surface area contributed by atoms with Gasteiger partial charge >= 0.3 is 0 Å². The highest BCUT2D eigenvalue weighted by Crippen LogP contribution is 2.28. The Labute approximate surface area is 129 Å². The van der Waals surface area contributed by atoms with Gasteiger partial charge in [0.1, 0.15) is 30.8 Å². The van der Waals surface area contributed by atoms with E-state index < -0.39 is 36.9 Å². The zero-order valence-corrected chi connectivity index (χ0v) is 12.7. The maximum absolute atomic E-state index is 11.8. The van der Waals surface area contributed by atoms with Crippen LogP contribution in [-0.4, -0.2) is 75.2 Å². The first-order valence-corrected chi connectivity index (χ1v) is 7.94. The van der Waals surface area contributed by atoms with Gasteiger partial charge in [-0.1, -0.05) is 22.6 Å². The zero-order valence-electron chi connectivity index (χ0n) is 10.6.